The van der Waals surface area contributed by atoms with Crippen LogP contribution in [0.5, 0.6) is 5.75 Å². The molecule has 0 saturated heterocycles. The summed E-state index contributed by atoms with van der Waals surface area (Å²) >= 11 is 6.53. The van der Waals surface area contributed by atoms with Gasteiger partial charge in [-0.05, 0) is 72.2 Å². The molecule has 0 spiro atoms. The van der Waals surface area contributed by atoms with Crippen molar-refractivity contribution in [3.05, 3.63) is 148 Å². The second-order valence-electron chi connectivity index (χ2n) is 9.99. The number of carbonyl (C=O) groups excluding carboxylic acids is 1. The molecule has 1 N–H and O–H groups in total. The molecule has 1 aliphatic carbocycles. The van der Waals surface area contributed by atoms with Gasteiger partial charge in [0, 0.05) is 5.02 Å². The van der Waals surface area contributed by atoms with Crippen LogP contribution in [0.15, 0.2) is 121 Å². The van der Waals surface area contributed by atoms with Crippen LogP contribution in [0.4, 0.5) is 4.39 Å². The predicted octanol–water partition coefficient (Wildman–Crippen LogP) is 8.05. The third-order valence-corrected chi connectivity index (χ3v) is 7.60. The Hall–Kier alpha value is -4.13. The summed E-state index contributed by atoms with van der Waals surface area (Å²) < 4.78 is 26.0. The van der Waals surface area contributed by atoms with E-state index in [1.54, 1.807) is 30.3 Å². The number of halogens is 2. The molecule has 0 unspecified atom stereocenters. The molecule has 0 atom stereocenters. The Balaban J connectivity index is 1.39. The average Bonchev–Trinajstić information content (AvgIpc) is 3.00. The van der Waals surface area contributed by atoms with Gasteiger partial charge in [0.25, 0.3) is 0 Å². The van der Waals surface area contributed by atoms with Crippen molar-refractivity contribution in [2.24, 2.45) is 0 Å². The van der Waals surface area contributed by atoms with Crippen LogP contribution in [0.25, 0.3) is 0 Å². The molecule has 41 heavy (non-hydrogen) atoms. The average molecular weight is 572 g/mol. The maximum atomic E-state index is 14.0. The number of ether oxygens (including phenoxy) is 2. The van der Waals surface area contributed by atoms with Crippen LogP contribution in [0.2, 0.25) is 5.02 Å². The van der Waals surface area contributed by atoms with Crippen LogP contribution in [-0.4, -0.2) is 5.97 Å². The van der Waals surface area contributed by atoms with E-state index in [4.69, 9.17) is 25.9 Å². The minimum absolute atomic E-state index is 0.201. The van der Waals surface area contributed by atoms with E-state index in [0.717, 1.165) is 16.7 Å². The summed E-state index contributed by atoms with van der Waals surface area (Å²) in [6.07, 6.45) is 1.84. The van der Waals surface area contributed by atoms with Gasteiger partial charge in [-0.2, -0.15) is 0 Å². The molecule has 1 aliphatic rings. The summed E-state index contributed by atoms with van der Waals surface area (Å²) in [6.45, 7) is 0.706. The Kier molecular flexibility index (Phi) is 9.34. The first-order valence-electron chi connectivity index (χ1n) is 13.6. The van der Waals surface area contributed by atoms with Crippen LogP contribution in [0.1, 0.15) is 42.4 Å². The molecular formula is C34H31ClFNO4. The smallest absolute Gasteiger partial charge is 0.322 e. The summed E-state index contributed by atoms with van der Waals surface area (Å²) in [6, 6.07) is 32.8. The topological polar surface area (TPSA) is 56.8 Å². The summed E-state index contributed by atoms with van der Waals surface area (Å²) in [5.74, 6) is 0.0914. The number of hydrogen-bond donors (Lipinski definition) is 1. The van der Waals surface area contributed by atoms with E-state index in [1.807, 2.05) is 66.7 Å². The van der Waals surface area contributed by atoms with Crippen LogP contribution in [0.3, 0.4) is 0 Å². The zero-order valence-corrected chi connectivity index (χ0v) is 23.3. The first kappa shape index (κ1) is 28.4. The van der Waals surface area contributed by atoms with E-state index in [0.29, 0.717) is 56.1 Å². The highest BCUT2D eigenvalue weighted by atomic mass is 35.5. The molecule has 0 aromatic heterocycles. The second kappa shape index (κ2) is 13.5. The molecule has 0 heterocycles. The Morgan fingerprint density at radius 3 is 2.00 bits per heavy atom. The van der Waals surface area contributed by atoms with Gasteiger partial charge < -0.3 is 9.47 Å². The fourth-order valence-corrected chi connectivity index (χ4v) is 5.40. The maximum Gasteiger partial charge on any atom is 0.322 e. The number of nitrogens with one attached hydrogen (secondary N) is 1. The number of benzene rings is 4. The molecule has 0 radical (unpaired) electrons. The molecule has 0 bridgehead atoms. The van der Waals surface area contributed by atoms with Crippen molar-refractivity contribution >= 4 is 17.6 Å². The fourth-order valence-electron chi connectivity index (χ4n) is 5.05. The Labute approximate surface area is 244 Å². The van der Waals surface area contributed by atoms with Gasteiger partial charge >= 0.3 is 5.97 Å². The number of esters is 1. The molecular weight excluding hydrogens is 541 g/mol. The molecule has 210 valence electrons. The monoisotopic (exact) mass is 571 g/mol. The highest BCUT2D eigenvalue weighted by Crippen LogP contribution is 2.46. The Morgan fingerprint density at radius 1 is 0.805 bits per heavy atom. The molecule has 7 heteroatoms. The van der Waals surface area contributed by atoms with Gasteiger partial charge in [0.1, 0.15) is 18.2 Å². The molecule has 1 saturated carbocycles. The zero-order valence-electron chi connectivity index (χ0n) is 22.5. The quantitative estimate of drug-likeness (QED) is 0.0903. The molecule has 0 aliphatic heterocycles. The normalized spacial score (nSPS) is 16.6. The van der Waals surface area contributed by atoms with Crippen LogP contribution < -0.4 is 10.2 Å². The number of rotatable bonds is 10. The van der Waals surface area contributed by atoms with Crippen molar-refractivity contribution in [2.45, 2.75) is 44.3 Å². The lowest BCUT2D eigenvalue weighted by Crippen LogP contribution is -2.42. The largest absolute Gasteiger partial charge is 0.473 e. The summed E-state index contributed by atoms with van der Waals surface area (Å²) in [5, 5.41) is 0.201. The lowest BCUT2D eigenvalue weighted by atomic mass is 9.68. The first-order valence-corrected chi connectivity index (χ1v) is 13.9. The second-order valence-corrected chi connectivity index (χ2v) is 10.4. The Morgan fingerprint density at radius 2 is 1.39 bits per heavy atom. The van der Waals surface area contributed by atoms with Gasteiger partial charge in [-0.25, -0.2) is 9.87 Å². The van der Waals surface area contributed by atoms with Gasteiger partial charge in [0.2, 0.25) is 5.88 Å². The van der Waals surface area contributed by atoms with E-state index >= 15 is 0 Å². The minimum atomic E-state index is -1.06. The minimum Gasteiger partial charge on any atom is -0.473 e. The molecule has 4 aromatic rings. The summed E-state index contributed by atoms with van der Waals surface area (Å²) in [5.41, 5.74) is 5.55. The van der Waals surface area contributed by atoms with Crippen molar-refractivity contribution in [3.63, 3.8) is 0 Å². The number of hydroxylamine groups is 1. The molecule has 1 fully saturated rings. The number of hydrogen-bond acceptors (Lipinski definition) is 5. The maximum absolute atomic E-state index is 14.0. The van der Waals surface area contributed by atoms with Gasteiger partial charge in [-0.1, -0.05) is 96.5 Å². The van der Waals surface area contributed by atoms with E-state index in [9.17, 15) is 9.18 Å². The van der Waals surface area contributed by atoms with Crippen molar-refractivity contribution in [3.8, 4) is 5.75 Å². The molecule has 5 nitrogen and oxygen atoms in total. The first-order chi connectivity index (χ1) is 20.0. The highest BCUT2D eigenvalue weighted by molar-refractivity contribution is 6.31. The van der Waals surface area contributed by atoms with E-state index in [-0.39, 0.29) is 5.02 Å². The van der Waals surface area contributed by atoms with Gasteiger partial charge in [0.05, 0.1) is 12.0 Å². The fraction of sp³-hybridized carbons (Fsp3) is 0.206. The number of carbonyl (C=O) groups is 1. The third kappa shape index (κ3) is 7.15. The standard InChI is InChI=1S/C34H31ClFNO4/c35-31-22-28(36)16-17-30(31)34(33(38)41-29-14-8-3-9-15-29)20-18-27(19-21-34)32(39-23-25-10-4-1-5-11-25)37-40-24-26-12-6-2-7-13-26/h1-17,22,37H,18-21,23-24H2. The molecule has 4 aromatic carbocycles. The molecule has 0 amide bonds. The molecule has 5 rings (SSSR count). The third-order valence-electron chi connectivity index (χ3n) is 7.29. The van der Waals surface area contributed by atoms with Gasteiger partial charge in [0.15, 0.2) is 0 Å². The van der Waals surface area contributed by atoms with Gasteiger partial charge in [-0.3, -0.25) is 9.63 Å². The predicted molar refractivity (Wildman–Crippen MR) is 156 cm³/mol. The van der Waals surface area contributed by atoms with Crippen molar-refractivity contribution in [1.82, 2.24) is 5.48 Å². The van der Waals surface area contributed by atoms with Gasteiger partial charge in [-0.15, -0.1) is 0 Å². The van der Waals surface area contributed by atoms with Crippen molar-refractivity contribution in [1.29, 1.82) is 0 Å². The Bertz CT molecular complexity index is 1470. The van der Waals surface area contributed by atoms with E-state index in [1.165, 1.54) is 12.1 Å². The van der Waals surface area contributed by atoms with Crippen molar-refractivity contribution < 1.29 is 23.5 Å². The van der Waals surface area contributed by atoms with Crippen LogP contribution in [-0.2, 0) is 33.0 Å². The summed E-state index contributed by atoms with van der Waals surface area (Å²) in [7, 11) is 0. The lowest BCUT2D eigenvalue weighted by molar-refractivity contribution is -0.142. The van der Waals surface area contributed by atoms with Crippen LogP contribution in [0, 0.1) is 5.82 Å². The highest BCUT2D eigenvalue weighted by Gasteiger charge is 2.46. The zero-order chi connectivity index (χ0) is 28.5. The number of para-hydroxylation sites is 1. The summed E-state index contributed by atoms with van der Waals surface area (Å²) in [4.78, 5) is 19.6. The number of allylic oxidation sites excluding steroid dienone is 1. The van der Waals surface area contributed by atoms with Crippen LogP contribution >= 0.6 is 11.6 Å². The SMILES string of the molecule is O=C(Oc1ccccc1)C1(c2ccc(F)cc2Cl)CCC(=C(NOCc2ccccc2)OCc2ccccc2)CC1. The van der Waals surface area contributed by atoms with Crippen molar-refractivity contribution in [2.75, 3.05) is 0 Å². The lowest BCUT2D eigenvalue weighted by Gasteiger charge is -2.37. The van der Waals surface area contributed by atoms with E-state index in [2.05, 4.69) is 5.48 Å². The van der Waals surface area contributed by atoms with E-state index < -0.39 is 17.2 Å².